The maximum Gasteiger partial charge on any atom is 0.338 e. The SMILES string of the molecule is CCCCOC(=O)c1ccc(NC(=O)CN(Cc2cccc(C)c2)S(=O)(=O)c2ccc(Cl)cc2)cc1. The van der Waals surface area contributed by atoms with E-state index in [9.17, 15) is 18.0 Å². The third kappa shape index (κ3) is 7.65. The van der Waals surface area contributed by atoms with E-state index in [0.717, 1.165) is 28.3 Å². The summed E-state index contributed by atoms with van der Waals surface area (Å²) in [5.74, 6) is -0.946. The molecule has 36 heavy (non-hydrogen) atoms. The molecule has 0 bridgehead atoms. The lowest BCUT2D eigenvalue weighted by atomic mass is 10.1. The Hall–Kier alpha value is -3.20. The maximum atomic E-state index is 13.4. The number of ether oxygens (including phenoxy) is 1. The van der Waals surface area contributed by atoms with Gasteiger partial charge in [-0.1, -0.05) is 54.8 Å². The minimum Gasteiger partial charge on any atom is -0.462 e. The van der Waals surface area contributed by atoms with E-state index in [4.69, 9.17) is 16.3 Å². The smallest absolute Gasteiger partial charge is 0.338 e. The van der Waals surface area contributed by atoms with Crippen LogP contribution in [0.1, 0.15) is 41.3 Å². The molecule has 0 heterocycles. The number of halogens is 1. The number of unbranched alkanes of at least 4 members (excludes halogenated alkanes) is 1. The zero-order valence-corrected chi connectivity index (χ0v) is 21.8. The molecule has 0 saturated heterocycles. The number of hydrogen-bond acceptors (Lipinski definition) is 5. The van der Waals surface area contributed by atoms with Crippen LogP contribution < -0.4 is 5.32 Å². The first kappa shape index (κ1) is 27.4. The van der Waals surface area contributed by atoms with Crippen molar-refractivity contribution < 1.29 is 22.7 Å². The lowest BCUT2D eigenvalue weighted by molar-refractivity contribution is -0.116. The highest BCUT2D eigenvalue weighted by atomic mass is 35.5. The summed E-state index contributed by atoms with van der Waals surface area (Å²) in [5, 5.41) is 3.11. The van der Waals surface area contributed by atoms with E-state index in [-0.39, 0.29) is 11.4 Å². The lowest BCUT2D eigenvalue weighted by Crippen LogP contribution is -2.37. The molecule has 0 atom stereocenters. The summed E-state index contributed by atoms with van der Waals surface area (Å²) in [5.41, 5.74) is 2.54. The van der Waals surface area contributed by atoms with Gasteiger partial charge in [0.05, 0.1) is 23.6 Å². The van der Waals surface area contributed by atoms with E-state index in [0.29, 0.717) is 22.9 Å². The van der Waals surface area contributed by atoms with Gasteiger partial charge in [0.1, 0.15) is 0 Å². The molecule has 0 fully saturated rings. The van der Waals surface area contributed by atoms with Crippen molar-refractivity contribution in [2.45, 2.75) is 38.1 Å². The third-order valence-corrected chi connectivity index (χ3v) is 7.41. The highest BCUT2D eigenvalue weighted by molar-refractivity contribution is 7.89. The van der Waals surface area contributed by atoms with Crippen molar-refractivity contribution in [3.8, 4) is 0 Å². The van der Waals surface area contributed by atoms with Gasteiger partial charge in [-0.05, 0) is 67.4 Å². The number of benzene rings is 3. The molecule has 0 saturated carbocycles. The minimum atomic E-state index is -3.99. The topological polar surface area (TPSA) is 92.8 Å². The van der Waals surface area contributed by atoms with Gasteiger partial charge in [0.15, 0.2) is 0 Å². The fourth-order valence-electron chi connectivity index (χ4n) is 3.44. The number of esters is 1. The standard InChI is InChI=1S/C27H29ClN2O5S/c1-3-4-16-35-27(32)22-8-12-24(13-9-22)29-26(31)19-30(18-21-7-5-6-20(2)17-21)36(33,34)25-14-10-23(28)11-15-25/h5-15,17H,3-4,16,18-19H2,1-2H3,(H,29,31). The Morgan fingerprint density at radius 3 is 2.33 bits per heavy atom. The Kier molecular flexibility index (Phi) is 9.64. The molecule has 0 aromatic heterocycles. The van der Waals surface area contributed by atoms with Crippen LogP contribution in [0.4, 0.5) is 5.69 Å². The molecule has 0 radical (unpaired) electrons. The first-order valence-electron chi connectivity index (χ1n) is 11.6. The zero-order valence-electron chi connectivity index (χ0n) is 20.2. The zero-order chi connectivity index (χ0) is 26.1. The van der Waals surface area contributed by atoms with Crippen molar-refractivity contribution in [3.05, 3.63) is 94.5 Å². The molecular formula is C27H29ClN2O5S. The number of sulfonamides is 1. The van der Waals surface area contributed by atoms with E-state index >= 15 is 0 Å². The number of carbonyl (C=O) groups is 2. The van der Waals surface area contributed by atoms with Crippen LogP contribution in [0.5, 0.6) is 0 Å². The Morgan fingerprint density at radius 1 is 1.00 bits per heavy atom. The summed E-state index contributed by atoms with van der Waals surface area (Å²) >= 11 is 5.92. The van der Waals surface area contributed by atoms with Crippen molar-refractivity contribution in [1.82, 2.24) is 4.31 Å². The Morgan fingerprint density at radius 2 is 1.69 bits per heavy atom. The summed E-state index contributed by atoms with van der Waals surface area (Å²) < 4.78 is 33.1. The van der Waals surface area contributed by atoms with Crippen LogP contribution in [0.3, 0.4) is 0 Å². The molecule has 3 aromatic carbocycles. The second kappa shape index (κ2) is 12.7. The number of aryl methyl sites for hydroxylation is 1. The molecule has 3 rings (SSSR count). The first-order chi connectivity index (χ1) is 17.2. The van der Waals surface area contributed by atoms with E-state index < -0.39 is 28.4 Å². The molecule has 9 heteroatoms. The number of nitrogens with zero attached hydrogens (tertiary/aromatic N) is 1. The van der Waals surface area contributed by atoms with Crippen LogP contribution in [0.15, 0.2) is 77.7 Å². The van der Waals surface area contributed by atoms with Crippen LogP contribution in [-0.2, 0) is 26.1 Å². The second-order valence-corrected chi connectivity index (χ2v) is 10.7. The lowest BCUT2D eigenvalue weighted by Gasteiger charge is -2.22. The molecule has 0 spiro atoms. The molecule has 190 valence electrons. The van der Waals surface area contributed by atoms with Crippen molar-refractivity contribution in [3.63, 3.8) is 0 Å². The molecule has 7 nitrogen and oxygen atoms in total. The normalized spacial score (nSPS) is 11.3. The summed E-state index contributed by atoms with van der Waals surface area (Å²) in [4.78, 5) is 25.0. The Bertz CT molecular complexity index is 1290. The number of anilines is 1. The predicted molar refractivity (Wildman–Crippen MR) is 140 cm³/mol. The van der Waals surface area contributed by atoms with Crippen LogP contribution in [0.25, 0.3) is 0 Å². The number of nitrogens with one attached hydrogen (secondary N) is 1. The van der Waals surface area contributed by atoms with Crippen LogP contribution in [0, 0.1) is 6.92 Å². The van der Waals surface area contributed by atoms with E-state index in [1.54, 1.807) is 24.3 Å². The Balaban J connectivity index is 1.75. The van der Waals surface area contributed by atoms with Gasteiger partial charge >= 0.3 is 5.97 Å². The van der Waals surface area contributed by atoms with E-state index in [1.165, 1.54) is 24.3 Å². The van der Waals surface area contributed by atoms with Crippen molar-refractivity contribution in [2.75, 3.05) is 18.5 Å². The number of amides is 1. The quantitative estimate of drug-likeness (QED) is 0.264. The number of rotatable bonds is 11. The molecule has 1 amide bonds. The second-order valence-electron chi connectivity index (χ2n) is 8.33. The summed E-state index contributed by atoms with van der Waals surface area (Å²) in [6, 6.07) is 19.5. The van der Waals surface area contributed by atoms with Crippen molar-refractivity contribution in [2.24, 2.45) is 0 Å². The third-order valence-electron chi connectivity index (χ3n) is 5.35. The van der Waals surface area contributed by atoms with Gasteiger partial charge in [-0.2, -0.15) is 4.31 Å². The van der Waals surface area contributed by atoms with Crippen LogP contribution in [0.2, 0.25) is 5.02 Å². The number of carbonyl (C=O) groups excluding carboxylic acids is 2. The molecule has 0 aliphatic carbocycles. The van der Waals surface area contributed by atoms with Crippen LogP contribution >= 0.6 is 11.6 Å². The molecule has 3 aromatic rings. The van der Waals surface area contributed by atoms with Gasteiger partial charge in [0.2, 0.25) is 15.9 Å². The van der Waals surface area contributed by atoms with Crippen LogP contribution in [-0.4, -0.2) is 37.8 Å². The fourth-order valence-corrected chi connectivity index (χ4v) is 4.95. The van der Waals surface area contributed by atoms with Gasteiger partial charge in [0.25, 0.3) is 0 Å². The van der Waals surface area contributed by atoms with Gasteiger partial charge in [-0.25, -0.2) is 13.2 Å². The summed E-state index contributed by atoms with van der Waals surface area (Å²) in [7, 11) is -3.99. The monoisotopic (exact) mass is 528 g/mol. The highest BCUT2D eigenvalue weighted by Crippen LogP contribution is 2.21. The van der Waals surface area contributed by atoms with Crippen molar-refractivity contribution >= 4 is 39.2 Å². The Labute approximate surface area is 217 Å². The molecule has 1 N–H and O–H groups in total. The van der Waals surface area contributed by atoms with E-state index in [2.05, 4.69) is 5.32 Å². The average molecular weight is 529 g/mol. The molecule has 0 aliphatic heterocycles. The largest absolute Gasteiger partial charge is 0.462 e. The first-order valence-corrected chi connectivity index (χ1v) is 13.4. The molecule has 0 unspecified atom stereocenters. The predicted octanol–water partition coefficient (Wildman–Crippen LogP) is 5.43. The fraction of sp³-hybridized carbons (Fsp3) is 0.259. The molecular weight excluding hydrogens is 500 g/mol. The minimum absolute atomic E-state index is 0.0165. The van der Waals surface area contributed by atoms with E-state index in [1.807, 2.05) is 38.1 Å². The van der Waals surface area contributed by atoms with Gasteiger partial charge in [-0.15, -0.1) is 0 Å². The summed E-state index contributed by atoms with van der Waals surface area (Å²) in [6.07, 6.45) is 1.71. The highest BCUT2D eigenvalue weighted by Gasteiger charge is 2.27. The number of hydrogen-bond donors (Lipinski definition) is 1. The van der Waals surface area contributed by atoms with Gasteiger partial charge in [0, 0.05) is 17.3 Å². The average Bonchev–Trinajstić information content (AvgIpc) is 2.84. The van der Waals surface area contributed by atoms with Gasteiger partial charge < -0.3 is 10.1 Å². The molecule has 0 aliphatic rings. The maximum absolute atomic E-state index is 13.4. The van der Waals surface area contributed by atoms with Crippen molar-refractivity contribution in [1.29, 1.82) is 0 Å². The van der Waals surface area contributed by atoms with Gasteiger partial charge in [-0.3, -0.25) is 4.79 Å². The summed E-state index contributed by atoms with van der Waals surface area (Å²) in [6.45, 7) is 3.89.